The van der Waals surface area contributed by atoms with E-state index in [4.69, 9.17) is 22.5 Å². The van der Waals surface area contributed by atoms with E-state index in [1.54, 1.807) is 0 Å². The predicted molar refractivity (Wildman–Crippen MR) is 195 cm³/mol. The lowest BCUT2D eigenvalue weighted by atomic mass is 9.97. The molecule has 45 heavy (non-hydrogen) atoms. The summed E-state index contributed by atoms with van der Waals surface area (Å²) in [4.78, 5) is 14.1. The third kappa shape index (κ3) is 8.83. The SMILES string of the molecule is C1CCNC1.C=N/C(=C1/CCN(c2cccc3cccc(C)c23)CC1=NC)N1CCC(NC(=S)NC2(CC#N)CC2)CC1.CC. The smallest absolute Gasteiger partial charge is 0.166 e. The fourth-order valence-corrected chi connectivity index (χ4v) is 6.91. The lowest BCUT2D eigenvalue weighted by Gasteiger charge is -2.38. The van der Waals surface area contributed by atoms with Crippen LogP contribution in [0.5, 0.6) is 0 Å². The summed E-state index contributed by atoms with van der Waals surface area (Å²) in [5, 5.41) is 22.4. The average Bonchev–Trinajstić information content (AvgIpc) is 3.53. The zero-order valence-corrected chi connectivity index (χ0v) is 28.6. The van der Waals surface area contributed by atoms with Crippen molar-refractivity contribution >= 4 is 46.2 Å². The second-order valence-electron chi connectivity index (χ2n) is 12.2. The molecule has 3 heterocycles. The van der Waals surface area contributed by atoms with Gasteiger partial charge in [0, 0.05) is 49.4 Å². The first-order chi connectivity index (χ1) is 22.0. The minimum atomic E-state index is -0.0978. The number of nitrogens with zero attached hydrogens (tertiary/aromatic N) is 5. The fourth-order valence-electron chi connectivity index (χ4n) is 6.52. The second kappa shape index (κ2) is 16.7. The molecule has 3 saturated heterocycles. The first-order valence-corrected chi connectivity index (χ1v) is 17.2. The number of likely N-dealkylation sites (tertiary alicyclic amines) is 1. The number of nitriles is 1. The van der Waals surface area contributed by atoms with Crippen molar-refractivity contribution in [3.05, 3.63) is 53.4 Å². The Kier molecular flexibility index (Phi) is 12.8. The lowest BCUT2D eigenvalue weighted by Crippen LogP contribution is -2.50. The maximum absolute atomic E-state index is 9.06. The zero-order chi connectivity index (χ0) is 32.2. The standard InChI is InChI=1S/C30H37N7S.C4H9N.C2H6/c1-21-6-4-7-22-8-5-9-26(27(21)22)37-19-12-24(25(20-37)32-2)28(33-3)36-17-10-23(11-18-36)34-29(38)35-30(13-14-30)15-16-31;1-2-4-5-3-1;1-2/h4-9,23H,3,10-15,17-20H2,1-2H3,(H2,34,35,38);5H,1-4H2;1-2H3/b28-24+,32-25?;;. The van der Waals surface area contributed by atoms with Crippen LogP contribution in [0.4, 0.5) is 5.69 Å². The van der Waals surface area contributed by atoms with Crippen molar-refractivity contribution in [2.24, 2.45) is 9.98 Å². The number of anilines is 1. The number of hydrogen-bond acceptors (Lipinski definition) is 7. The van der Waals surface area contributed by atoms with Gasteiger partial charge in [0.25, 0.3) is 0 Å². The maximum atomic E-state index is 9.06. The quantitative estimate of drug-likeness (QED) is 0.263. The van der Waals surface area contributed by atoms with Gasteiger partial charge in [0.05, 0.1) is 30.3 Å². The molecule has 4 fully saturated rings. The van der Waals surface area contributed by atoms with Gasteiger partial charge in [0.1, 0.15) is 5.82 Å². The first kappa shape index (κ1) is 34.4. The molecule has 0 unspecified atom stereocenters. The van der Waals surface area contributed by atoms with Gasteiger partial charge in [0.15, 0.2) is 5.11 Å². The van der Waals surface area contributed by atoms with Crippen LogP contribution in [0, 0.1) is 18.3 Å². The Hall–Kier alpha value is -3.48. The van der Waals surface area contributed by atoms with Gasteiger partial charge in [-0.3, -0.25) is 4.99 Å². The van der Waals surface area contributed by atoms with E-state index in [1.165, 1.54) is 53.5 Å². The highest BCUT2D eigenvalue weighted by molar-refractivity contribution is 7.80. The van der Waals surface area contributed by atoms with Gasteiger partial charge < -0.3 is 25.8 Å². The predicted octanol–water partition coefficient (Wildman–Crippen LogP) is 6.11. The van der Waals surface area contributed by atoms with E-state index in [9.17, 15) is 0 Å². The van der Waals surface area contributed by atoms with Crippen LogP contribution in [0.1, 0.15) is 70.8 Å². The van der Waals surface area contributed by atoms with Crippen LogP contribution in [-0.2, 0) is 0 Å². The molecular weight excluding hydrogens is 577 g/mol. The van der Waals surface area contributed by atoms with Gasteiger partial charge >= 0.3 is 0 Å². The Balaban J connectivity index is 0.000000590. The topological polar surface area (TPSA) is 91.1 Å². The molecule has 8 nitrogen and oxygen atoms in total. The molecule has 0 atom stereocenters. The minimum absolute atomic E-state index is 0.0978. The number of aryl methyl sites for hydroxylation is 1. The zero-order valence-electron chi connectivity index (χ0n) is 27.8. The van der Waals surface area contributed by atoms with Crippen molar-refractivity contribution in [3.63, 3.8) is 0 Å². The van der Waals surface area contributed by atoms with E-state index in [-0.39, 0.29) is 5.54 Å². The molecule has 6 rings (SSSR count). The van der Waals surface area contributed by atoms with E-state index in [0.717, 1.165) is 69.8 Å². The summed E-state index contributed by atoms with van der Waals surface area (Å²) in [6, 6.07) is 15.7. The molecule has 3 N–H and O–H groups in total. The molecule has 3 aliphatic heterocycles. The highest BCUT2D eigenvalue weighted by Gasteiger charge is 2.43. The van der Waals surface area contributed by atoms with E-state index < -0.39 is 0 Å². The highest BCUT2D eigenvalue weighted by Crippen LogP contribution is 2.38. The number of aliphatic imine (C=N–C) groups is 2. The summed E-state index contributed by atoms with van der Waals surface area (Å²) < 4.78 is 0. The normalized spacial score (nSPS) is 21.1. The molecule has 4 aliphatic rings. The summed E-state index contributed by atoms with van der Waals surface area (Å²) >= 11 is 5.56. The summed E-state index contributed by atoms with van der Waals surface area (Å²) in [5.74, 6) is 0.976. The number of thiocarbonyl (C=S) groups is 1. The monoisotopic (exact) mass is 628 g/mol. The van der Waals surface area contributed by atoms with Crippen molar-refractivity contribution in [1.29, 1.82) is 5.26 Å². The van der Waals surface area contributed by atoms with Crippen LogP contribution in [0.2, 0.25) is 0 Å². The molecule has 2 aromatic carbocycles. The third-order valence-corrected chi connectivity index (χ3v) is 9.40. The molecule has 9 heteroatoms. The Bertz CT molecular complexity index is 1400. The Morgan fingerprint density at radius 1 is 1.11 bits per heavy atom. The van der Waals surface area contributed by atoms with Gasteiger partial charge in [-0.25, -0.2) is 4.99 Å². The Morgan fingerprint density at radius 2 is 1.80 bits per heavy atom. The molecule has 2 aromatic rings. The first-order valence-electron chi connectivity index (χ1n) is 16.8. The summed E-state index contributed by atoms with van der Waals surface area (Å²) in [5.41, 5.74) is 4.77. The van der Waals surface area contributed by atoms with Crippen molar-refractivity contribution < 1.29 is 0 Å². The van der Waals surface area contributed by atoms with Gasteiger partial charge in [0.2, 0.25) is 0 Å². The van der Waals surface area contributed by atoms with Crippen LogP contribution in [0.3, 0.4) is 0 Å². The molecule has 1 saturated carbocycles. The summed E-state index contributed by atoms with van der Waals surface area (Å²) in [6.45, 7) is 16.1. The molecule has 0 bridgehead atoms. The van der Waals surface area contributed by atoms with E-state index in [2.05, 4.69) is 86.9 Å². The summed E-state index contributed by atoms with van der Waals surface area (Å²) in [7, 11) is 1.89. The number of piperidine rings is 2. The van der Waals surface area contributed by atoms with Gasteiger partial charge in [-0.1, -0.05) is 44.2 Å². The Labute approximate surface area is 276 Å². The second-order valence-corrected chi connectivity index (χ2v) is 12.6. The largest absolute Gasteiger partial charge is 0.365 e. The molecule has 0 spiro atoms. The molecule has 0 aromatic heterocycles. The molecular formula is C36H52N8S. The van der Waals surface area contributed by atoms with Crippen molar-refractivity contribution in [1.82, 2.24) is 20.9 Å². The molecule has 0 radical (unpaired) electrons. The lowest BCUT2D eigenvalue weighted by molar-refractivity contribution is 0.250. The van der Waals surface area contributed by atoms with Gasteiger partial charge in [-0.2, -0.15) is 5.26 Å². The minimum Gasteiger partial charge on any atom is -0.365 e. The Morgan fingerprint density at radius 3 is 2.38 bits per heavy atom. The van der Waals surface area contributed by atoms with Crippen LogP contribution in [-0.4, -0.2) is 80.3 Å². The summed E-state index contributed by atoms with van der Waals surface area (Å²) in [6.07, 6.45) is 8.15. The number of nitrogens with one attached hydrogen (secondary N) is 3. The van der Waals surface area contributed by atoms with Crippen molar-refractivity contribution in [2.45, 2.75) is 83.7 Å². The number of rotatable bonds is 6. The van der Waals surface area contributed by atoms with Crippen LogP contribution < -0.4 is 20.9 Å². The van der Waals surface area contributed by atoms with Crippen LogP contribution >= 0.6 is 12.2 Å². The van der Waals surface area contributed by atoms with Gasteiger partial charge in [-0.15, -0.1) is 0 Å². The van der Waals surface area contributed by atoms with E-state index in [0.29, 0.717) is 17.6 Å². The number of fused-ring (bicyclic) bond motifs is 1. The van der Waals surface area contributed by atoms with Crippen molar-refractivity contribution in [3.8, 4) is 6.07 Å². The molecule has 242 valence electrons. The van der Waals surface area contributed by atoms with Crippen molar-refractivity contribution in [2.75, 3.05) is 51.2 Å². The third-order valence-electron chi connectivity index (χ3n) is 9.18. The van der Waals surface area contributed by atoms with E-state index >= 15 is 0 Å². The molecule has 0 amide bonds. The maximum Gasteiger partial charge on any atom is 0.166 e. The van der Waals surface area contributed by atoms with Crippen LogP contribution in [0.15, 0.2) is 57.8 Å². The van der Waals surface area contributed by atoms with Crippen LogP contribution in [0.25, 0.3) is 10.8 Å². The highest BCUT2D eigenvalue weighted by atomic mass is 32.1. The number of hydrogen-bond donors (Lipinski definition) is 3. The fraction of sp³-hybridized carbons (Fsp3) is 0.556. The molecule has 1 aliphatic carbocycles. The average molecular weight is 629 g/mol. The number of benzene rings is 2. The van der Waals surface area contributed by atoms with E-state index in [1.807, 2.05) is 20.9 Å². The van der Waals surface area contributed by atoms with Gasteiger partial charge in [-0.05, 0) is 101 Å².